The lowest BCUT2D eigenvalue weighted by Crippen LogP contribution is -2.55. The molecule has 2 amide bonds. The van der Waals surface area contributed by atoms with Crippen molar-refractivity contribution < 1.29 is 9.59 Å². The molecule has 1 fully saturated rings. The zero-order chi connectivity index (χ0) is 28.1. The molecule has 2 aliphatic heterocycles. The van der Waals surface area contributed by atoms with Gasteiger partial charge in [0.2, 0.25) is 5.91 Å². The molecule has 1 N–H and O–H groups in total. The number of likely N-dealkylation sites (tertiary alicyclic amines) is 1. The second-order valence-electron chi connectivity index (χ2n) is 10.1. The Kier molecular flexibility index (Phi) is 8.77. The summed E-state index contributed by atoms with van der Waals surface area (Å²) in [6.07, 6.45) is 6.67. The second kappa shape index (κ2) is 12.2. The van der Waals surface area contributed by atoms with Crippen LogP contribution >= 0.6 is 11.3 Å². The number of amides is 2. The molecule has 1 aromatic heterocycles. The van der Waals surface area contributed by atoms with Gasteiger partial charge in [0.25, 0.3) is 5.91 Å². The first kappa shape index (κ1) is 28.0. The van der Waals surface area contributed by atoms with Crippen molar-refractivity contribution in [1.82, 2.24) is 20.1 Å². The van der Waals surface area contributed by atoms with Crippen molar-refractivity contribution >= 4 is 29.0 Å². The molecule has 0 aliphatic carbocycles. The van der Waals surface area contributed by atoms with E-state index < -0.39 is 6.04 Å². The van der Waals surface area contributed by atoms with Gasteiger partial charge in [-0.3, -0.25) is 19.9 Å². The second-order valence-corrected chi connectivity index (χ2v) is 10.9. The fourth-order valence-electron chi connectivity index (χ4n) is 5.32. The van der Waals surface area contributed by atoms with Crippen LogP contribution < -0.4 is 5.32 Å². The number of carbonyl (C=O) groups is 2. The number of aromatic nitrogens is 1. The quantitative estimate of drug-likeness (QED) is 0.216. The molecule has 0 spiro atoms. The summed E-state index contributed by atoms with van der Waals surface area (Å²) in [5.41, 5.74) is 6.22. The van der Waals surface area contributed by atoms with E-state index in [4.69, 9.17) is 4.99 Å². The Bertz CT molecular complexity index is 1360. The zero-order valence-electron chi connectivity index (χ0n) is 22.7. The summed E-state index contributed by atoms with van der Waals surface area (Å²) >= 11 is 1.61. The number of aryl methyl sites for hydroxylation is 1. The fraction of sp³-hybridized carbons (Fsp3) is 0.367. The number of thiazole rings is 1. The Balaban J connectivity index is 1.54. The number of amidine groups is 1. The van der Waals surface area contributed by atoms with Gasteiger partial charge >= 0.3 is 0 Å². The first-order valence-electron chi connectivity index (χ1n) is 13.1. The van der Waals surface area contributed by atoms with E-state index in [1.54, 1.807) is 27.2 Å². The van der Waals surface area contributed by atoms with Crippen molar-refractivity contribution in [3.8, 4) is 16.6 Å². The van der Waals surface area contributed by atoms with E-state index in [0.717, 1.165) is 33.7 Å². The zero-order valence-corrected chi connectivity index (χ0v) is 23.5. The summed E-state index contributed by atoms with van der Waals surface area (Å²) in [6.45, 7) is 14.7. The third kappa shape index (κ3) is 5.71. The van der Waals surface area contributed by atoms with Gasteiger partial charge in [0.05, 0.1) is 28.7 Å². The van der Waals surface area contributed by atoms with E-state index in [2.05, 4.69) is 35.6 Å². The van der Waals surface area contributed by atoms with Crippen LogP contribution in [-0.2, 0) is 16.1 Å². The van der Waals surface area contributed by atoms with Crippen LogP contribution in [0.25, 0.3) is 10.4 Å². The minimum absolute atomic E-state index is 0.108. The minimum atomic E-state index is -0.642. The highest BCUT2D eigenvalue weighted by molar-refractivity contribution is 7.13. The highest BCUT2D eigenvalue weighted by Crippen LogP contribution is 2.30. The predicted octanol–water partition coefficient (Wildman–Crippen LogP) is 4.61. The van der Waals surface area contributed by atoms with Crippen molar-refractivity contribution in [2.75, 3.05) is 13.1 Å². The van der Waals surface area contributed by atoms with Crippen LogP contribution in [0.3, 0.4) is 0 Å². The van der Waals surface area contributed by atoms with E-state index in [0.29, 0.717) is 37.5 Å². The molecule has 3 heterocycles. The Hall–Kier alpha value is -4.03. The van der Waals surface area contributed by atoms with Crippen LogP contribution in [0.1, 0.15) is 37.9 Å². The van der Waals surface area contributed by atoms with Gasteiger partial charge in [-0.1, -0.05) is 63.4 Å². The Morgan fingerprint density at radius 1 is 1.31 bits per heavy atom. The van der Waals surface area contributed by atoms with Crippen LogP contribution in [-0.4, -0.2) is 57.6 Å². The average Bonchev–Trinajstić information content (AvgIpc) is 3.66. The van der Waals surface area contributed by atoms with Crippen LogP contribution in [0.15, 0.2) is 71.2 Å². The highest BCUT2D eigenvalue weighted by atomic mass is 32.1. The molecule has 2 aromatic rings. The number of aliphatic imine (C=N–C) groups is 1. The molecule has 1 aromatic carbocycles. The summed E-state index contributed by atoms with van der Waals surface area (Å²) in [4.78, 5) is 40.7. The number of hydrogen-bond acceptors (Lipinski definition) is 6. The molecule has 8 nitrogen and oxygen atoms in total. The molecule has 39 heavy (non-hydrogen) atoms. The maximum Gasteiger partial charge on any atom is 0.255 e. The van der Waals surface area contributed by atoms with Gasteiger partial charge in [0, 0.05) is 18.7 Å². The molecule has 9 heteroatoms. The first-order chi connectivity index (χ1) is 18.8. The van der Waals surface area contributed by atoms with Crippen LogP contribution in [0, 0.1) is 24.3 Å². The predicted molar refractivity (Wildman–Crippen MR) is 155 cm³/mol. The van der Waals surface area contributed by atoms with Gasteiger partial charge in [0.15, 0.2) is 6.19 Å². The van der Waals surface area contributed by atoms with Crippen molar-refractivity contribution in [3.63, 3.8) is 0 Å². The summed E-state index contributed by atoms with van der Waals surface area (Å²) < 4.78 is 0. The van der Waals surface area contributed by atoms with E-state index in [1.165, 1.54) is 6.08 Å². The summed E-state index contributed by atoms with van der Waals surface area (Å²) in [7, 11) is 0. The van der Waals surface area contributed by atoms with Gasteiger partial charge in [-0.25, -0.2) is 4.98 Å². The number of carbonyl (C=O) groups excluding carboxylic acids is 2. The lowest BCUT2D eigenvalue weighted by Gasteiger charge is -2.36. The Labute approximate surface area is 234 Å². The van der Waals surface area contributed by atoms with Crippen molar-refractivity contribution in [1.29, 1.82) is 5.26 Å². The number of nitriles is 1. The summed E-state index contributed by atoms with van der Waals surface area (Å²) in [5, 5.41) is 12.2. The maximum atomic E-state index is 14.0. The first-order valence-corrected chi connectivity index (χ1v) is 14.0. The number of rotatable bonds is 9. The third-order valence-corrected chi connectivity index (χ3v) is 8.26. The molecule has 2 atom stereocenters. The largest absolute Gasteiger partial charge is 0.331 e. The molecule has 1 saturated heterocycles. The summed E-state index contributed by atoms with van der Waals surface area (Å²) in [5.74, 6) is 0.0237. The van der Waals surface area contributed by atoms with Crippen molar-refractivity contribution in [3.05, 3.63) is 77.5 Å². The fourth-order valence-corrected chi connectivity index (χ4v) is 6.13. The molecule has 0 saturated carbocycles. The average molecular weight is 543 g/mol. The van der Waals surface area contributed by atoms with Crippen LogP contribution in [0.5, 0.6) is 0 Å². The Morgan fingerprint density at radius 3 is 2.62 bits per heavy atom. The lowest BCUT2D eigenvalue weighted by atomic mass is 10.00. The lowest BCUT2D eigenvalue weighted by molar-refractivity contribution is -0.144. The topological polar surface area (TPSA) is 102 Å². The van der Waals surface area contributed by atoms with Gasteiger partial charge in [-0.05, 0) is 42.4 Å². The smallest absolute Gasteiger partial charge is 0.255 e. The van der Waals surface area contributed by atoms with Crippen molar-refractivity contribution in [2.24, 2.45) is 10.9 Å². The van der Waals surface area contributed by atoms with Gasteiger partial charge in [-0.2, -0.15) is 5.26 Å². The van der Waals surface area contributed by atoms with E-state index in [9.17, 15) is 14.9 Å². The van der Waals surface area contributed by atoms with Gasteiger partial charge in [0.1, 0.15) is 11.9 Å². The SMILES string of the molecule is C=CC1=C(C=C)C(=O)N(C(C(=O)N2CCCC2C(=NCc2ccc(-c3scnc3C)cc2)NC#N)C(C)C)C1. The van der Waals surface area contributed by atoms with E-state index >= 15 is 0 Å². The maximum absolute atomic E-state index is 14.0. The molecule has 202 valence electrons. The van der Waals surface area contributed by atoms with Crippen LogP contribution in [0.2, 0.25) is 0 Å². The van der Waals surface area contributed by atoms with Gasteiger partial charge < -0.3 is 9.80 Å². The molecule has 4 rings (SSSR count). The summed E-state index contributed by atoms with van der Waals surface area (Å²) in [6, 6.07) is 7.15. The molecule has 2 aliphatic rings. The molecule has 0 radical (unpaired) electrons. The molecule has 0 bridgehead atoms. The third-order valence-electron chi connectivity index (χ3n) is 7.28. The number of nitrogens with zero attached hydrogens (tertiary/aromatic N) is 5. The number of hydrogen-bond donors (Lipinski definition) is 1. The van der Waals surface area contributed by atoms with Crippen molar-refractivity contribution in [2.45, 2.75) is 52.2 Å². The standard InChI is InChI=1S/C30H34N6O2S/c1-6-22-16-36(29(37)24(22)7-2)26(19(3)4)30(38)35-14-8-9-25(35)28(33-17-31)32-15-21-10-12-23(13-11-21)27-20(5)34-18-39-27/h6-7,10-13,18-19,25-26H,1-2,8-9,14-16H2,3-5H3,(H,32,33). The minimum Gasteiger partial charge on any atom is -0.331 e. The molecular formula is C30H34N6O2S. The molecular weight excluding hydrogens is 508 g/mol. The normalized spacial score (nSPS) is 18.5. The number of benzene rings is 1. The number of nitrogens with one attached hydrogen (secondary N) is 1. The monoisotopic (exact) mass is 542 g/mol. The van der Waals surface area contributed by atoms with E-state index in [1.807, 2.05) is 44.6 Å². The molecule has 2 unspecified atom stereocenters. The van der Waals surface area contributed by atoms with Crippen LogP contribution in [0.4, 0.5) is 0 Å². The highest BCUT2D eigenvalue weighted by Gasteiger charge is 2.43. The Morgan fingerprint density at radius 2 is 2.05 bits per heavy atom. The van der Waals surface area contributed by atoms with Gasteiger partial charge in [-0.15, -0.1) is 11.3 Å². The van der Waals surface area contributed by atoms with E-state index in [-0.39, 0.29) is 23.8 Å².